The summed E-state index contributed by atoms with van der Waals surface area (Å²) in [5.74, 6) is -9.28. The number of Topliss-reactive ketones (excluding diaryl/α,β-unsaturated/α-hetero) is 3. The zero-order valence-electron chi connectivity index (χ0n) is 26.7. The van der Waals surface area contributed by atoms with E-state index >= 15 is 0 Å². The molecule has 0 radical (unpaired) electrons. The van der Waals surface area contributed by atoms with E-state index in [1.807, 2.05) is 6.92 Å². The second kappa shape index (κ2) is 11.7. The first kappa shape index (κ1) is 33.9. The van der Waals surface area contributed by atoms with Crippen LogP contribution in [0.2, 0.25) is 0 Å². The van der Waals surface area contributed by atoms with Gasteiger partial charge in [0.2, 0.25) is 5.78 Å². The highest BCUT2D eigenvalue weighted by atomic mass is 16.6. The van der Waals surface area contributed by atoms with Crippen molar-refractivity contribution in [3.8, 4) is 5.75 Å². The molecule has 0 aliphatic heterocycles. The van der Waals surface area contributed by atoms with Crippen LogP contribution in [0.5, 0.6) is 5.75 Å². The third kappa shape index (κ3) is 4.69. The summed E-state index contributed by atoms with van der Waals surface area (Å²) in [6.45, 7) is 11.1. The van der Waals surface area contributed by atoms with Crippen LogP contribution in [0.15, 0.2) is 40.9 Å². The van der Waals surface area contributed by atoms with Gasteiger partial charge in [-0.2, -0.15) is 0 Å². The summed E-state index contributed by atoms with van der Waals surface area (Å²) in [6.07, 6.45) is -0.875. The average Bonchev–Trinajstić information content (AvgIpc) is 2.95. The number of aromatic hydroxyl groups is 1. The summed E-state index contributed by atoms with van der Waals surface area (Å²) in [4.78, 5) is 66.9. The molecule has 0 fully saturated rings. The Balaban J connectivity index is 2.00. The number of aliphatic hydroxyl groups excluding tert-OH is 2. The summed E-state index contributed by atoms with van der Waals surface area (Å²) >= 11 is 0. The zero-order chi connectivity index (χ0) is 33.8. The van der Waals surface area contributed by atoms with Gasteiger partial charge < -0.3 is 29.9 Å². The Hall–Kier alpha value is -3.99. The van der Waals surface area contributed by atoms with E-state index in [-0.39, 0.29) is 24.3 Å². The lowest BCUT2D eigenvalue weighted by atomic mass is 9.41. The van der Waals surface area contributed by atoms with Crippen molar-refractivity contribution in [3.63, 3.8) is 0 Å². The predicted molar refractivity (Wildman–Crippen MR) is 160 cm³/mol. The normalized spacial score (nSPS) is 30.9. The molecule has 1 unspecified atom stereocenters. The SMILES string of the molecule is CCCCOC(=O)CCC(=O)O[C@@H]1[C@]2(C)C(=C(O)[C@@]3(O)C(=O)C(C(C)=O)=C(O)C(C(C)C)[C@@]13C)C(=O)c1c(O)cccc1[C@H]2C. The molecule has 0 saturated carbocycles. The molecule has 0 bridgehead atoms. The highest BCUT2D eigenvalue weighted by Gasteiger charge is 2.77. The van der Waals surface area contributed by atoms with E-state index in [0.29, 0.717) is 12.0 Å². The van der Waals surface area contributed by atoms with Crippen LogP contribution in [-0.4, -0.2) is 68.0 Å². The lowest BCUT2D eigenvalue weighted by Crippen LogP contribution is -2.74. The summed E-state index contributed by atoms with van der Waals surface area (Å²) in [5.41, 5.74) is -7.65. The van der Waals surface area contributed by atoms with Crippen LogP contribution in [0.4, 0.5) is 0 Å². The molecule has 6 atom stereocenters. The Morgan fingerprint density at radius 3 is 2.22 bits per heavy atom. The molecule has 0 amide bonds. The smallest absolute Gasteiger partial charge is 0.306 e. The number of carbonyl (C=O) groups excluding carboxylic acids is 5. The standard InChI is InChI=1S/C34H42O11/c1-8-9-15-44-21(37)13-14-22(38)45-31-32(6)17(4)19-11-10-12-20(36)24(19)28(40)26(32)30(42)34(43)29(41)23(18(5)35)27(39)25(16(2)3)33(31,34)7/h10-12,16-17,25,31,36,39,42-43H,8-9,13-15H2,1-7H3/t17-,25?,31-,32+,33+,34+/m1/s1. The number of esters is 2. The van der Waals surface area contributed by atoms with Crippen LogP contribution < -0.4 is 0 Å². The van der Waals surface area contributed by atoms with Crippen LogP contribution in [0.25, 0.3) is 0 Å². The molecule has 0 aromatic heterocycles. The molecule has 0 heterocycles. The van der Waals surface area contributed by atoms with Gasteiger partial charge in [-0.25, -0.2) is 0 Å². The van der Waals surface area contributed by atoms with Gasteiger partial charge in [0.05, 0.1) is 36.0 Å². The number of phenolic OH excluding ortho intramolecular Hbond substituents is 1. The second-order valence-electron chi connectivity index (χ2n) is 13.1. The zero-order valence-corrected chi connectivity index (χ0v) is 26.7. The predicted octanol–water partition coefficient (Wildman–Crippen LogP) is 4.55. The summed E-state index contributed by atoms with van der Waals surface area (Å²) in [7, 11) is 0. The maximum absolute atomic E-state index is 14.2. The van der Waals surface area contributed by atoms with E-state index in [2.05, 4.69) is 0 Å². The molecule has 4 rings (SSSR count). The summed E-state index contributed by atoms with van der Waals surface area (Å²) in [5, 5.41) is 46.7. The number of unbranched alkanes of at least 4 members (excludes halogenated alkanes) is 1. The molecule has 0 saturated heterocycles. The molecule has 11 heteroatoms. The van der Waals surface area contributed by atoms with Crippen LogP contribution in [0, 0.1) is 22.7 Å². The molecular formula is C34H42O11. The summed E-state index contributed by atoms with van der Waals surface area (Å²) in [6, 6.07) is 4.44. The number of ketones is 3. The second-order valence-corrected chi connectivity index (χ2v) is 13.1. The van der Waals surface area contributed by atoms with E-state index in [9.17, 15) is 44.4 Å². The Morgan fingerprint density at radius 1 is 1.02 bits per heavy atom. The van der Waals surface area contributed by atoms with Gasteiger partial charge >= 0.3 is 11.9 Å². The van der Waals surface area contributed by atoms with Crippen LogP contribution >= 0.6 is 0 Å². The first-order valence-corrected chi connectivity index (χ1v) is 15.3. The van der Waals surface area contributed by atoms with Crippen LogP contribution in [-0.2, 0) is 28.7 Å². The van der Waals surface area contributed by atoms with E-state index in [1.54, 1.807) is 33.8 Å². The minimum atomic E-state index is -3.01. The largest absolute Gasteiger partial charge is 0.511 e. The first-order valence-electron chi connectivity index (χ1n) is 15.3. The van der Waals surface area contributed by atoms with Gasteiger partial charge in [-0.15, -0.1) is 0 Å². The molecule has 4 N–H and O–H groups in total. The number of carbonyl (C=O) groups is 5. The fourth-order valence-corrected chi connectivity index (χ4v) is 7.91. The Morgan fingerprint density at radius 2 is 1.64 bits per heavy atom. The van der Waals surface area contributed by atoms with Gasteiger partial charge in [-0.1, -0.05) is 60.1 Å². The maximum Gasteiger partial charge on any atom is 0.306 e. The Kier molecular flexibility index (Phi) is 8.84. The highest BCUT2D eigenvalue weighted by Crippen LogP contribution is 2.68. The van der Waals surface area contributed by atoms with Crippen molar-refractivity contribution >= 4 is 29.3 Å². The van der Waals surface area contributed by atoms with Crippen LogP contribution in [0.1, 0.15) is 96.0 Å². The molecular weight excluding hydrogens is 584 g/mol. The molecule has 3 aliphatic rings. The van der Waals surface area contributed by atoms with Gasteiger partial charge in [-0.05, 0) is 36.8 Å². The monoisotopic (exact) mass is 626 g/mol. The van der Waals surface area contributed by atoms with Crippen molar-refractivity contribution < 1.29 is 53.9 Å². The van der Waals surface area contributed by atoms with Crippen molar-refractivity contribution in [1.82, 2.24) is 0 Å². The lowest BCUT2D eigenvalue weighted by molar-refractivity contribution is -0.225. The van der Waals surface area contributed by atoms with Crippen molar-refractivity contribution in [2.75, 3.05) is 6.61 Å². The molecule has 0 spiro atoms. The van der Waals surface area contributed by atoms with E-state index in [1.165, 1.54) is 19.1 Å². The van der Waals surface area contributed by atoms with Gasteiger partial charge in [0.15, 0.2) is 17.2 Å². The lowest BCUT2D eigenvalue weighted by Gasteiger charge is -2.63. The van der Waals surface area contributed by atoms with Crippen LogP contribution in [0.3, 0.4) is 0 Å². The molecule has 3 aliphatic carbocycles. The number of benzene rings is 1. The molecule has 1 aromatic carbocycles. The Bertz CT molecular complexity index is 1530. The topological polar surface area (TPSA) is 185 Å². The maximum atomic E-state index is 14.2. The molecule has 11 nitrogen and oxygen atoms in total. The molecule has 244 valence electrons. The van der Waals surface area contributed by atoms with E-state index < -0.39 is 98.7 Å². The fourth-order valence-electron chi connectivity index (χ4n) is 7.91. The van der Waals surface area contributed by atoms with Gasteiger partial charge in [0.25, 0.3) is 0 Å². The number of rotatable bonds is 9. The van der Waals surface area contributed by atoms with Crippen molar-refractivity contribution in [1.29, 1.82) is 0 Å². The van der Waals surface area contributed by atoms with E-state index in [0.717, 1.165) is 13.3 Å². The minimum absolute atomic E-state index is 0.148. The fraction of sp³-hybridized carbons (Fsp3) is 0.559. The van der Waals surface area contributed by atoms with Crippen molar-refractivity contribution in [3.05, 3.63) is 52.0 Å². The summed E-state index contributed by atoms with van der Waals surface area (Å²) < 4.78 is 11.3. The number of hydrogen-bond acceptors (Lipinski definition) is 11. The third-order valence-corrected chi connectivity index (χ3v) is 10.2. The number of allylic oxidation sites excluding steroid dienone is 1. The van der Waals surface area contributed by atoms with Gasteiger partial charge in [-0.3, -0.25) is 24.0 Å². The number of ether oxygens (including phenoxy) is 2. The number of hydrogen-bond donors (Lipinski definition) is 4. The first-order chi connectivity index (χ1) is 20.9. The quantitative estimate of drug-likeness (QED) is 0.171. The molecule has 45 heavy (non-hydrogen) atoms. The third-order valence-electron chi connectivity index (χ3n) is 10.2. The number of phenols is 1. The minimum Gasteiger partial charge on any atom is -0.511 e. The van der Waals surface area contributed by atoms with Crippen molar-refractivity contribution in [2.45, 2.75) is 91.8 Å². The Labute approximate surface area is 261 Å². The average molecular weight is 627 g/mol. The van der Waals surface area contributed by atoms with Crippen molar-refractivity contribution in [2.24, 2.45) is 22.7 Å². The van der Waals surface area contributed by atoms with E-state index in [4.69, 9.17) is 9.47 Å². The molecule has 1 aromatic rings. The number of fused-ring (bicyclic) bond motifs is 3. The van der Waals surface area contributed by atoms with Gasteiger partial charge in [0, 0.05) is 11.3 Å². The highest BCUT2D eigenvalue weighted by molar-refractivity contribution is 6.25. The number of aliphatic hydroxyl groups is 3. The van der Waals surface area contributed by atoms with Gasteiger partial charge in [0.1, 0.15) is 28.9 Å².